The van der Waals surface area contributed by atoms with E-state index in [1.54, 1.807) is 0 Å². The molecular formula is C11H24N2O2. The lowest BCUT2D eigenvalue weighted by molar-refractivity contribution is -0.128. The van der Waals surface area contributed by atoms with Crippen LogP contribution in [0.3, 0.4) is 0 Å². The van der Waals surface area contributed by atoms with Gasteiger partial charge in [0.2, 0.25) is 5.91 Å². The maximum Gasteiger partial charge on any atom is 0.226 e. The topological polar surface area (TPSA) is 75.3 Å². The van der Waals surface area contributed by atoms with Gasteiger partial charge in [-0.05, 0) is 32.6 Å². The Morgan fingerprint density at radius 2 is 2.13 bits per heavy atom. The molecule has 0 bridgehead atoms. The lowest BCUT2D eigenvalue weighted by Gasteiger charge is -2.21. The molecule has 1 atom stereocenters. The van der Waals surface area contributed by atoms with Gasteiger partial charge in [-0.25, -0.2) is 0 Å². The third kappa shape index (κ3) is 5.74. The molecule has 0 aliphatic heterocycles. The van der Waals surface area contributed by atoms with Crippen molar-refractivity contribution in [3.63, 3.8) is 0 Å². The first kappa shape index (κ1) is 14.4. The molecule has 0 saturated heterocycles. The maximum absolute atomic E-state index is 11.6. The van der Waals surface area contributed by atoms with Gasteiger partial charge < -0.3 is 16.2 Å². The number of hydrogen-bond donors (Lipinski definition) is 3. The van der Waals surface area contributed by atoms with Crippen LogP contribution in [0.2, 0.25) is 0 Å². The molecule has 0 aromatic rings. The lowest BCUT2D eigenvalue weighted by Crippen LogP contribution is -2.42. The second-order valence-corrected chi connectivity index (χ2v) is 4.77. The summed E-state index contributed by atoms with van der Waals surface area (Å²) in [7, 11) is 0. The Labute approximate surface area is 92.2 Å². The number of nitrogens with one attached hydrogen (secondary N) is 1. The summed E-state index contributed by atoms with van der Waals surface area (Å²) in [6.45, 7) is 6.88. The van der Waals surface area contributed by atoms with Gasteiger partial charge in [0.1, 0.15) is 0 Å². The summed E-state index contributed by atoms with van der Waals surface area (Å²) in [6.07, 6.45) is 1.83. The minimum Gasteiger partial charge on any atom is -0.396 e. The molecule has 0 radical (unpaired) electrons. The minimum absolute atomic E-state index is 0.00153. The van der Waals surface area contributed by atoms with Crippen molar-refractivity contribution in [1.29, 1.82) is 0 Å². The van der Waals surface area contributed by atoms with E-state index in [-0.39, 0.29) is 12.5 Å². The zero-order valence-electron chi connectivity index (χ0n) is 10.0. The number of carbonyl (C=O) groups is 1. The van der Waals surface area contributed by atoms with Crippen molar-refractivity contribution < 1.29 is 9.90 Å². The van der Waals surface area contributed by atoms with Crippen LogP contribution in [0.15, 0.2) is 0 Å². The molecular weight excluding hydrogens is 192 g/mol. The first-order valence-electron chi connectivity index (χ1n) is 5.53. The molecule has 0 aromatic heterocycles. The molecule has 4 nitrogen and oxygen atoms in total. The van der Waals surface area contributed by atoms with Crippen LogP contribution < -0.4 is 11.1 Å². The molecule has 0 aromatic carbocycles. The highest BCUT2D eigenvalue weighted by atomic mass is 16.3. The number of hydrogen-bond acceptors (Lipinski definition) is 3. The van der Waals surface area contributed by atoms with Crippen LogP contribution in [-0.2, 0) is 4.79 Å². The van der Waals surface area contributed by atoms with Crippen molar-refractivity contribution in [2.75, 3.05) is 19.7 Å². The highest BCUT2D eigenvalue weighted by molar-refractivity contribution is 5.81. The Morgan fingerprint density at radius 3 is 2.60 bits per heavy atom. The largest absolute Gasteiger partial charge is 0.396 e. The number of nitrogens with two attached hydrogens (primary N) is 1. The second kappa shape index (κ2) is 6.80. The molecule has 1 amide bonds. The van der Waals surface area contributed by atoms with Crippen LogP contribution in [0.25, 0.3) is 0 Å². The lowest BCUT2D eigenvalue weighted by atomic mass is 9.92. The fourth-order valence-electron chi connectivity index (χ4n) is 1.08. The van der Waals surface area contributed by atoms with E-state index in [0.717, 1.165) is 12.8 Å². The van der Waals surface area contributed by atoms with Gasteiger partial charge in [0.05, 0.1) is 5.41 Å². The first-order valence-corrected chi connectivity index (χ1v) is 5.53. The SMILES string of the molecule is CC(CO)CCCNC(=O)C(C)(C)CN. The first-order chi connectivity index (χ1) is 6.94. The molecule has 1 unspecified atom stereocenters. The molecule has 0 spiro atoms. The van der Waals surface area contributed by atoms with E-state index in [1.165, 1.54) is 0 Å². The number of aliphatic hydroxyl groups excluding tert-OH is 1. The van der Waals surface area contributed by atoms with Crippen LogP contribution in [0.5, 0.6) is 0 Å². The van der Waals surface area contributed by atoms with Crippen molar-refractivity contribution in [2.24, 2.45) is 17.1 Å². The van der Waals surface area contributed by atoms with Crippen molar-refractivity contribution in [3.05, 3.63) is 0 Å². The Morgan fingerprint density at radius 1 is 1.53 bits per heavy atom. The van der Waals surface area contributed by atoms with E-state index in [2.05, 4.69) is 5.32 Å². The molecule has 0 aliphatic rings. The highest BCUT2D eigenvalue weighted by Crippen LogP contribution is 2.12. The molecule has 4 heteroatoms. The zero-order valence-corrected chi connectivity index (χ0v) is 10.0. The number of aliphatic hydroxyl groups is 1. The predicted octanol–water partition coefficient (Wildman–Crippen LogP) is 0.496. The van der Waals surface area contributed by atoms with Gasteiger partial charge in [0.15, 0.2) is 0 Å². The van der Waals surface area contributed by atoms with Crippen molar-refractivity contribution in [2.45, 2.75) is 33.6 Å². The summed E-state index contributed by atoms with van der Waals surface area (Å²) in [5.41, 5.74) is 5.00. The van der Waals surface area contributed by atoms with Crippen LogP contribution >= 0.6 is 0 Å². The van der Waals surface area contributed by atoms with Crippen LogP contribution in [-0.4, -0.2) is 30.7 Å². The Kier molecular flexibility index (Phi) is 6.52. The summed E-state index contributed by atoms with van der Waals surface area (Å²) in [4.78, 5) is 11.6. The van der Waals surface area contributed by atoms with E-state index < -0.39 is 5.41 Å². The highest BCUT2D eigenvalue weighted by Gasteiger charge is 2.24. The monoisotopic (exact) mass is 216 g/mol. The van der Waals surface area contributed by atoms with E-state index in [4.69, 9.17) is 10.8 Å². The minimum atomic E-state index is -0.484. The van der Waals surface area contributed by atoms with Gasteiger partial charge in [-0.2, -0.15) is 0 Å². The Balaban J connectivity index is 3.64. The molecule has 0 rings (SSSR count). The Hall–Kier alpha value is -0.610. The van der Waals surface area contributed by atoms with Crippen molar-refractivity contribution >= 4 is 5.91 Å². The van der Waals surface area contributed by atoms with Gasteiger partial charge in [-0.3, -0.25) is 4.79 Å². The normalized spacial score (nSPS) is 13.7. The smallest absolute Gasteiger partial charge is 0.226 e. The van der Waals surface area contributed by atoms with E-state index in [9.17, 15) is 4.79 Å². The third-order valence-corrected chi connectivity index (χ3v) is 2.60. The van der Waals surface area contributed by atoms with E-state index >= 15 is 0 Å². The van der Waals surface area contributed by atoms with E-state index in [1.807, 2.05) is 20.8 Å². The standard InChI is InChI=1S/C11H24N2O2/c1-9(7-14)5-4-6-13-10(15)11(2,3)8-12/h9,14H,4-8,12H2,1-3H3,(H,13,15). The fourth-order valence-corrected chi connectivity index (χ4v) is 1.08. The molecule has 0 fully saturated rings. The average Bonchev–Trinajstić information content (AvgIpc) is 2.23. The number of carbonyl (C=O) groups excluding carboxylic acids is 1. The van der Waals surface area contributed by atoms with Gasteiger partial charge in [0.25, 0.3) is 0 Å². The van der Waals surface area contributed by atoms with Gasteiger partial charge in [-0.1, -0.05) is 6.92 Å². The predicted molar refractivity (Wildman–Crippen MR) is 61.3 cm³/mol. The second-order valence-electron chi connectivity index (χ2n) is 4.77. The van der Waals surface area contributed by atoms with Crippen molar-refractivity contribution in [1.82, 2.24) is 5.32 Å². The molecule has 90 valence electrons. The summed E-state index contributed by atoms with van der Waals surface area (Å²) in [5, 5.41) is 11.7. The van der Waals surface area contributed by atoms with Gasteiger partial charge in [-0.15, -0.1) is 0 Å². The van der Waals surface area contributed by atoms with E-state index in [0.29, 0.717) is 19.0 Å². The molecule has 15 heavy (non-hydrogen) atoms. The molecule has 4 N–H and O–H groups in total. The fraction of sp³-hybridized carbons (Fsp3) is 0.909. The van der Waals surface area contributed by atoms with Gasteiger partial charge >= 0.3 is 0 Å². The van der Waals surface area contributed by atoms with Crippen LogP contribution in [0, 0.1) is 11.3 Å². The summed E-state index contributed by atoms with van der Waals surface area (Å²) >= 11 is 0. The summed E-state index contributed by atoms with van der Waals surface area (Å²) in [5.74, 6) is 0.311. The quantitative estimate of drug-likeness (QED) is 0.542. The average molecular weight is 216 g/mol. The number of amides is 1. The van der Waals surface area contributed by atoms with Gasteiger partial charge in [0, 0.05) is 19.7 Å². The van der Waals surface area contributed by atoms with Crippen LogP contribution in [0.4, 0.5) is 0 Å². The zero-order chi connectivity index (χ0) is 11.9. The summed E-state index contributed by atoms with van der Waals surface area (Å²) in [6, 6.07) is 0. The molecule has 0 heterocycles. The third-order valence-electron chi connectivity index (χ3n) is 2.60. The van der Waals surface area contributed by atoms with Crippen LogP contribution in [0.1, 0.15) is 33.6 Å². The van der Waals surface area contributed by atoms with Crippen molar-refractivity contribution in [3.8, 4) is 0 Å². The molecule has 0 saturated carbocycles. The number of rotatable bonds is 7. The maximum atomic E-state index is 11.6. The molecule has 0 aliphatic carbocycles. The summed E-state index contributed by atoms with van der Waals surface area (Å²) < 4.78 is 0. The Bertz CT molecular complexity index is 193.